The van der Waals surface area contributed by atoms with Gasteiger partial charge in [0.05, 0.1) is 5.69 Å². The number of nitrogens with one attached hydrogen (secondary N) is 2. The van der Waals surface area contributed by atoms with Crippen molar-refractivity contribution in [2.75, 3.05) is 0 Å². The van der Waals surface area contributed by atoms with Gasteiger partial charge in [0.1, 0.15) is 5.69 Å². The molecule has 0 aliphatic carbocycles. The fourth-order valence-electron chi connectivity index (χ4n) is 1.69. The van der Waals surface area contributed by atoms with E-state index in [0.717, 1.165) is 11.4 Å². The Hall–Kier alpha value is -1.92. The van der Waals surface area contributed by atoms with Crippen molar-refractivity contribution in [1.82, 2.24) is 25.0 Å². The molecular formula is C11H8ClN5S. The quantitative estimate of drug-likeness (QED) is 0.708. The summed E-state index contributed by atoms with van der Waals surface area (Å²) in [6, 6.07) is 9.21. The van der Waals surface area contributed by atoms with Crippen molar-refractivity contribution in [3.05, 3.63) is 46.3 Å². The summed E-state index contributed by atoms with van der Waals surface area (Å²) in [5, 5.41) is 14.4. The van der Waals surface area contributed by atoms with Crippen LogP contribution in [0.4, 0.5) is 0 Å². The van der Waals surface area contributed by atoms with E-state index in [-0.39, 0.29) is 0 Å². The van der Waals surface area contributed by atoms with E-state index in [0.29, 0.717) is 15.6 Å². The number of H-pyrrole nitrogens is 2. The largest absolute Gasteiger partial charge is 0.275 e. The van der Waals surface area contributed by atoms with Gasteiger partial charge in [0.25, 0.3) is 0 Å². The zero-order valence-corrected chi connectivity index (χ0v) is 10.7. The van der Waals surface area contributed by atoms with Crippen LogP contribution in [0, 0.1) is 4.77 Å². The van der Waals surface area contributed by atoms with Crippen LogP contribution in [0.5, 0.6) is 0 Å². The maximum Gasteiger partial charge on any atom is 0.200 e. The molecule has 1 aromatic carbocycles. The SMILES string of the molecule is S=c1[nH]nc(-c2ccn[nH]2)n1-c1ccc(Cl)cc1. The van der Waals surface area contributed by atoms with Crippen molar-refractivity contribution >= 4 is 23.8 Å². The number of rotatable bonds is 2. The molecule has 5 nitrogen and oxygen atoms in total. The van der Waals surface area contributed by atoms with Gasteiger partial charge in [-0.15, -0.1) is 0 Å². The summed E-state index contributed by atoms with van der Waals surface area (Å²) in [5.41, 5.74) is 1.68. The van der Waals surface area contributed by atoms with Gasteiger partial charge in [-0.2, -0.15) is 10.2 Å². The van der Waals surface area contributed by atoms with E-state index in [9.17, 15) is 0 Å². The molecule has 18 heavy (non-hydrogen) atoms. The van der Waals surface area contributed by atoms with E-state index in [2.05, 4.69) is 20.4 Å². The molecule has 3 aromatic rings. The van der Waals surface area contributed by atoms with Crippen molar-refractivity contribution < 1.29 is 0 Å². The molecule has 0 fully saturated rings. The van der Waals surface area contributed by atoms with E-state index in [1.807, 2.05) is 34.9 Å². The monoisotopic (exact) mass is 277 g/mol. The van der Waals surface area contributed by atoms with Crippen LogP contribution in [0.3, 0.4) is 0 Å². The Morgan fingerprint density at radius 2 is 1.89 bits per heavy atom. The van der Waals surface area contributed by atoms with Crippen molar-refractivity contribution in [3.8, 4) is 17.2 Å². The van der Waals surface area contributed by atoms with E-state index in [1.165, 1.54) is 0 Å². The second kappa shape index (κ2) is 4.40. The number of halogens is 1. The molecule has 0 amide bonds. The topological polar surface area (TPSA) is 62.3 Å². The fraction of sp³-hybridized carbons (Fsp3) is 0. The van der Waals surface area contributed by atoms with Crippen LogP contribution in [0.2, 0.25) is 5.02 Å². The van der Waals surface area contributed by atoms with Crippen LogP contribution in [-0.4, -0.2) is 25.0 Å². The lowest BCUT2D eigenvalue weighted by molar-refractivity contribution is 1.02. The number of hydrogen-bond acceptors (Lipinski definition) is 3. The highest BCUT2D eigenvalue weighted by atomic mass is 35.5. The third-order valence-electron chi connectivity index (χ3n) is 2.50. The van der Waals surface area contributed by atoms with Crippen LogP contribution >= 0.6 is 23.8 Å². The highest BCUT2D eigenvalue weighted by Crippen LogP contribution is 2.20. The van der Waals surface area contributed by atoms with Crippen LogP contribution in [0.25, 0.3) is 17.2 Å². The molecule has 2 heterocycles. The highest BCUT2D eigenvalue weighted by molar-refractivity contribution is 7.71. The standard InChI is InChI=1S/C11H8ClN5S/c12-7-1-3-8(4-2-7)17-10(15-16-11(17)18)9-5-6-13-14-9/h1-6H,(H,13,14)(H,16,18). The minimum absolute atomic E-state index is 0.516. The van der Waals surface area contributed by atoms with Gasteiger partial charge in [-0.3, -0.25) is 14.8 Å². The maximum atomic E-state index is 5.88. The minimum Gasteiger partial charge on any atom is -0.275 e. The maximum absolute atomic E-state index is 5.88. The Balaban J connectivity index is 2.20. The van der Waals surface area contributed by atoms with Gasteiger partial charge in [-0.05, 0) is 42.5 Å². The van der Waals surface area contributed by atoms with Crippen molar-refractivity contribution in [1.29, 1.82) is 0 Å². The van der Waals surface area contributed by atoms with Crippen molar-refractivity contribution in [2.45, 2.75) is 0 Å². The molecule has 0 aliphatic rings. The average Bonchev–Trinajstić information content (AvgIpc) is 2.99. The Labute approximate surface area is 112 Å². The van der Waals surface area contributed by atoms with Gasteiger partial charge in [-0.25, -0.2) is 0 Å². The first-order chi connectivity index (χ1) is 8.75. The van der Waals surface area contributed by atoms with Gasteiger partial charge < -0.3 is 0 Å². The fourth-order valence-corrected chi connectivity index (χ4v) is 2.05. The molecule has 7 heteroatoms. The van der Waals surface area contributed by atoms with Crippen molar-refractivity contribution in [2.24, 2.45) is 0 Å². The molecule has 0 radical (unpaired) electrons. The van der Waals surface area contributed by atoms with Gasteiger partial charge in [0.15, 0.2) is 10.6 Å². The van der Waals surface area contributed by atoms with Gasteiger partial charge >= 0.3 is 0 Å². The summed E-state index contributed by atoms with van der Waals surface area (Å²) >= 11 is 11.1. The van der Waals surface area contributed by atoms with Crippen LogP contribution < -0.4 is 0 Å². The zero-order chi connectivity index (χ0) is 12.5. The Morgan fingerprint density at radius 1 is 1.11 bits per heavy atom. The molecule has 0 aliphatic heterocycles. The third-order valence-corrected chi connectivity index (χ3v) is 3.02. The number of hydrogen-bond donors (Lipinski definition) is 2. The summed E-state index contributed by atoms with van der Waals surface area (Å²) in [4.78, 5) is 0. The molecule has 3 rings (SSSR count). The van der Waals surface area contributed by atoms with Gasteiger partial charge in [0.2, 0.25) is 0 Å². The van der Waals surface area contributed by atoms with E-state index in [1.54, 1.807) is 6.20 Å². The lowest BCUT2D eigenvalue weighted by atomic mass is 10.3. The predicted molar refractivity (Wildman–Crippen MR) is 71.3 cm³/mol. The molecule has 0 saturated heterocycles. The first-order valence-electron chi connectivity index (χ1n) is 5.19. The predicted octanol–water partition coefficient (Wildman–Crippen LogP) is 2.97. The van der Waals surface area contributed by atoms with Gasteiger partial charge in [-0.1, -0.05) is 11.6 Å². The molecule has 2 N–H and O–H groups in total. The van der Waals surface area contributed by atoms with Crippen LogP contribution in [-0.2, 0) is 0 Å². The molecule has 0 unspecified atom stereocenters. The average molecular weight is 278 g/mol. The molecule has 0 atom stereocenters. The summed E-state index contributed by atoms with van der Waals surface area (Å²) in [6.45, 7) is 0. The normalized spacial score (nSPS) is 10.7. The summed E-state index contributed by atoms with van der Waals surface area (Å²) < 4.78 is 2.33. The molecular weight excluding hydrogens is 270 g/mol. The summed E-state index contributed by atoms with van der Waals surface area (Å²) in [6.07, 6.45) is 1.67. The smallest absolute Gasteiger partial charge is 0.200 e. The third kappa shape index (κ3) is 1.85. The number of aromatic nitrogens is 5. The summed E-state index contributed by atoms with van der Waals surface area (Å²) in [7, 11) is 0. The van der Waals surface area contributed by atoms with Crippen LogP contribution in [0.1, 0.15) is 0 Å². The van der Waals surface area contributed by atoms with Crippen LogP contribution in [0.15, 0.2) is 36.5 Å². The Bertz CT molecular complexity index is 711. The number of benzene rings is 1. The Morgan fingerprint density at radius 3 is 2.56 bits per heavy atom. The minimum atomic E-state index is 0.516. The van der Waals surface area contributed by atoms with E-state index in [4.69, 9.17) is 23.8 Å². The van der Waals surface area contributed by atoms with Gasteiger partial charge in [0, 0.05) is 11.2 Å². The molecule has 0 saturated carbocycles. The molecule has 0 spiro atoms. The molecule has 2 aromatic heterocycles. The second-order valence-corrected chi connectivity index (χ2v) is 4.46. The highest BCUT2D eigenvalue weighted by Gasteiger charge is 2.11. The first-order valence-corrected chi connectivity index (χ1v) is 5.97. The lowest BCUT2D eigenvalue weighted by Gasteiger charge is -2.05. The number of aromatic amines is 2. The number of nitrogens with zero attached hydrogens (tertiary/aromatic N) is 3. The van der Waals surface area contributed by atoms with E-state index >= 15 is 0 Å². The zero-order valence-electron chi connectivity index (χ0n) is 9.09. The second-order valence-electron chi connectivity index (χ2n) is 3.63. The summed E-state index contributed by atoms with van der Waals surface area (Å²) in [5.74, 6) is 0.680. The Kier molecular flexibility index (Phi) is 2.73. The molecule has 90 valence electrons. The van der Waals surface area contributed by atoms with Crippen molar-refractivity contribution in [3.63, 3.8) is 0 Å². The molecule has 0 bridgehead atoms. The first kappa shape index (κ1) is 11.2. The van der Waals surface area contributed by atoms with E-state index < -0.39 is 0 Å². The lowest BCUT2D eigenvalue weighted by Crippen LogP contribution is -1.97.